The summed E-state index contributed by atoms with van der Waals surface area (Å²) in [7, 11) is 0. The van der Waals surface area contributed by atoms with E-state index in [1.54, 1.807) is 6.07 Å². The van der Waals surface area contributed by atoms with Crippen molar-refractivity contribution >= 4 is 22.5 Å². The third kappa shape index (κ3) is 2.72. The van der Waals surface area contributed by atoms with E-state index in [0.717, 1.165) is 23.6 Å². The number of carbonyl (C=O) groups excluding carboxylic acids is 2. The number of Topliss-reactive ketones (excluding diaryl/α,β-unsaturated/α-hetero) is 1. The summed E-state index contributed by atoms with van der Waals surface area (Å²) in [5.41, 5.74) is 0.543. The van der Waals surface area contributed by atoms with Crippen molar-refractivity contribution < 1.29 is 14.3 Å². The number of ether oxygens (including phenoxy) is 1. The first kappa shape index (κ1) is 12.9. The molecule has 1 aliphatic carbocycles. The second kappa shape index (κ2) is 5.45. The molecule has 2 aromatic carbocycles. The molecule has 3 nitrogen and oxygen atoms in total. The minimum absolute atomic E-state index is 0.188. The Morgan fingerprint density at radius 2 is 1.90 bits per heavy atom. The molecular weight excluding hydrogens is 252 g/mol. The Kier molecular flexibility index (Phi) is 3.50. The van der Waals surface area contributed by atoms with Crippen LogP contribution in [-0.2, 0) is 9.53 Å². The predicted octanol–water partition coefficient (Wildman–Crippen LogP) is 3.51. The summed E-state index contributed by atoms with van der Waals surface area (Å²) in [6, 6.07) is 13.4. The number of rotatable bonds is 2. The largest absolute Gasteiger partial charge is 0.458 e. The van der Waals surface area contributed by atoms with Gasteiger partial charge in [-0.05, 0) is 35.7 Å². The van der Waals surface area contributed by atoms with Gasteiger partial charge in [-0.3, -0.25) is 4.79 Å². The minimum Gasteiger partial charge on any atom is -0.458 e. The quantitative estimate of drug-likeness (QED) is 0.783. The van der Waals surface area contributed by atoms with E-state index in [1.165, 1.54) is 0 Å². The van der Waals surface area contributed by atoms with Crippen LogP contribution in [0, 0.1) is 0 Å². The lowest BCUT2D eigenvalue weighted by Crippen LogP contribution is -2.25. The van der Waals surface area contributed by atoms with Gasteiger partial charge in [0.15, 0.2) is 0 Å². The monoisotopic (exact) mass is 268 g/mol. The molecule has 0 radical (unpaired) electrons. The highest BCUT2D eigenvalue weighted by atomic mass is 16.5. The Balaban J connectivity index is 1.76. The summed E-state index contributed by atoms with van der Waals surface area (Å²) in [4.78, 5) is 23.5. The third-order valence-electron chi connectivity index (χ3n) is 3.70. The van der Waals surface area contributed by atoms with E-state index in [2.05, 4.69) is 0 Å². The molecule has 2 aromatic rings. The van der Waals surface area contributed by atoms with E-state index in [4.69, 9.17) is 4.74 Å². The van der Waals surface area contributed by atoms with Gasteiger partial charge in [-0.2, -0.15) is 0 Å². The molecule has 102 valence electrons. The fraction of sp³-hybridized carbons (Fsp3) is 0.294. The molecule has 1 aliphatic rings. The summed E-state index contributed by atoms with van der Waals surface area (Å²) >= 11 is 0. The zero-order valence-electron chi connectivity index (χ0n) is 11.2. The van der Waals surface area contributed by atoms with Gasteiger partial charge in [0, 0.05) is 12.8 Å². The Hall–Kier alpha value is -2.16. The van der Waals surface area contributed by atoms with Crippen LogP contribution in [0.4, 0.5) is 0 Å². The molecular formula is C17H16O3. The Bertz CT molecular complexity index is 660. The maximum atomic E-state index is 12.1. The van der Waals surface area contributed by atoms with Gasteiger partial charge in [0.1, 0.15) is 11.9 Å². The van der Waals surface area contributed by atoms with Crippen LogP contribution in [0.5, 0.6) is 0 Å². The fourth-order valence-electron chi connectivity index (χ4n) is 2.62. The van der Waals surface area contributed by atoms with Crippen molar-refractivity contribution in [3.63, 3.8) is 0 Å². The first-order valence-electron chi connectivity index (χ1n) is 6.94. The molecule has 20 heavy (non-hydrogen) atoms. The zero-order valence-corrected chi connectivity index (χ0v) is 11.2. The molecule has 0 bridgehead atoms. The molecule has 0 heterocycles. The lowest BCUT2D eigenvalue weighted by atomic mass is 9.96. The summed E-state index contributed by atoms with van der Waals surface area (Å²) in [5.74, 6) is -0.150. The first-order chi connectivity index (χ1) is 9.72. The highest BCUT2D eigenvalue weighted by molar-refractivity contribution is 5.95. The Morgan fingerprint density at radius 1 is 1.10 bits per heavy atom. The normalized spacial score (nSPS) is 19.0. The first-order valence-corrected chi connectivity index (χ1v) is 6.94. The number of esters is 1. The summed E-state index contributed by atoms with van der Waals surface area (Å²) in [6.07, 6.45) is 2.32. The maximum Gasteiger partial charge on any atom is 0.338 e. The van der Waals surface area contributed by atoms with Crippen LogP contribution in [0.3, 0.4) is 0 Å². The van der Waals surface area contributed by atoms with Crippen molar-refractivity contribution in [3.8, 4) is 0 Å². The molecule has 0 aliphatic heterocycles. The second-order valence-electron chi connectivity index (χ2n) is 5.22. The molecule has 0 N–H and O–H groups in total. The van der Waals surface area contributed by atoms with Crippen LogP contribution >= 0.6 is 0 Å². The zero-order chi connectivity index (χ0) is 13.9. The van der Waals surface area contributed by atoms with E-state index < -0.39 is 0 Å². The Labute approximate surface area is 117 Å². The van der Waals surface area contributed by atoms with Crippen molar-refractivity contribution in [2.75, 3.05) is 0 Å². The van der Waals surface area contributed by atoms with E-state index >= 15 is 0 Å². The van der Waals surface area contributed by atoms with Crippen LogP contribution < -0.4 is 0 Å². The summed E-state index contributed by atoms with van der Waals surface area (Å²) < 4.78 is 5.44. The number of carbonyl (C=O) groups is 2. The van der Waals surface area contributed by atoms with Crippen molar-refractivity contribution in [3.05, 3.63) is 48.0 Å². The number of ketones is 1. The van der Waals surface area contributed by atoms with Crippen LogP contribution in [0.1, 0.15) is 36.0 Å². The number of hydrogen-bond acceptors (Lipinski definition) is 3. The van der Waals surface area contributed by atoms with E-state index in [1.807, 2.05) is 36.4 Å². The van der Waals surface area contributed by atoms with Crippen molar-refractivity contribution in [1.29, 1.82) is 0 Å². The van der Waals surface area contributed by atoms with Gasteiger partial charge < -0.3 is 4.74 Å². The summed E-state index contributed by atoms with van der Waals surface area (Å²) in [6.45, 7) is 0. The molecule has 0 saturated heterocycles. The fourth-order valence-corrected chi connectivity index (χ4v) is 2.62. The van der Waals surface area contributed by atoms with Gasteiger partial charge in [0.2, 0.25) is 0 Å². The lowest BCUT2D eigenvalue weighted by Gasteiger charge is -2.21. The standard InChI is InChI=1S/C17H16O3/c18-15-6-3-7-16(11-15)20-17(19)14-9-8-12-4-1-2-5-13(12)10-14/h1-2,4-5,8-10,16H,3,6-7,11H2. The number of fused-ring (bicyclic) bond motifs is 1. The number of hydrogen-bond donors (Lipinski definition) is 0. The molecule has 0 amide bonds. The molecule has 1 unspecified atom stereocenters. The number of benzene rings is 2. The lowest BCUT2D eigenvalue weighted by molar-refractivity contribution is -0.123. The molecule has 1 saturated carbocycles. The van der Waals surface area contributed by atoms with Gasteiger partial charge in [-0.1, -0.05) is 30.3 Å². The Morgan fingerprint density at radius 3 is 2.70 bits per heavy atom. The predicted molar refractivity (Wildman–Crippen MR) is 76.6 cm³/mol. The van der Waals surface area contributed by atoms with Gasteiger partial charge in [0.25, 0.3) is 0 Å². The summed E-state index contributed by atoms with van der Waals surface area (Å²) in [5, 5.41) is 2.11. The molecule has 1 fully saturated rings. The SMILES string of the molecule is O=C1CCCC(OC(=O)c2ccc3ccccc3c2)C1. The van der Waals surface area contributed by atoms with Crippen molar-refractivity contribution in [2.45, 2.75) is 31.8 Å². The molecule has 3 rings (SSSR count). The third-order valence-corrected chi connectivity index (χ3v) is 3.70. The van der Waals surface area contributed by atoms with E-state index in [9.17, 15) is 9.59 Å². The average Bonchev–Trinajstić information content (AvgIpc) is 2.47. The van der Waals surface area contributed by atoms with Crippen LogP contribution in [-0.4, -0.2) is 17.9 Å². The maximum absolute atomic E-state index is 12.1. The molecule has 0 spiro atoms. The van der Waals surface area contributed by atoms with E-state index in [0.29, 0.717) is 18.4 Å². The van der Waals surface area contributed by atoms with Gasteiger partial charge in [-0.15, -0.1) is 0 Å². The van der Waals surface area contributed by atoms with Gasteiger partial charge in [0.05, 0.1) is 5.56 Å². The average molecular weight is 268 g/mol. The highest BCUT2D eigenvalue weighted by Crippen LogP contribution is 2.21. The smallest absolute Gasteiger partial charge is 0.338 e. The second-order valence-corrected chi connectivity index (χ2v) is 5.22. The van der Waals surface area contributed by atoms with Crippen LogP contribution in [0.15, 0.2) is 42.5 Å². The molecule has 3 heteroatoms. The van der Waals surface area contributed by atoms with Crippen LogP contribution in [0.25, 0.3) is 10.8 Å². The highest BCUT2D eigenvalue weighted by Gasteiger charge is 2.23. The molecule has 1 atom stereocenters. The minimum atomic E-state index is -0.338. The van der Waals surface area contributed by atoms with Gasteiger partial charge >= 0.3 is 5.97 Å². The van der Waals surface area contributed by atoms with E-state index in [-0.39, 0.29) is 17.9 Å². The topological polar surface area (TPSA) is 43.4 Å². The van der Waals surface area contributed by atoms with Gasteiger partial charge in [-0.25, -0.2) is 4.79 Å². The molecule has 0 aromatic heterocycles. The van der Waals surface area contributed by atoms with Crippen LogP contribution in [0.2, 0.25) is 0 Å². The van der Waals surface area contributed by atoms with Crippen molar-refractivity contribution in [1.82, 2.24) is 0 Å². The van der Waals surface area contributed by atoms with Crippen molar-refractivity contribution in [2.24, 2.45) is 0 Å².